The van der Waals surface area contributed by atoms with Gasteiger partial charge in [-0.2, -0.15) is 0 Å². The van der Waals surface area contributed by atoms with Gasteiger partial charge in [-0.25, -0.2) is 14.8 Å². The summed E-state index contributed by atoms with van der Waals surface area (Å²) in [5.41, 5.74) is 0.162. The fourth-order valence-electron chi connectivity index (χ4n) is 1.26. The summed E-state index contributed by atoms with van der Waals surface area (Å²) in [6, 6.07) is 6.70. The van der Waals surface area contributed by atoms with Gasteiger partial charge in [0.1, 0.15) is 17.6 Å². The highest BCUT2D eigenvalue weighted by molar-refractivity contribution is 6.30. The number of esters is 1. The number of methoxy groups -OCH3 is 1. The topological polar surface area (TPSA) is 61.3 Å². The van der Waals surface area contributed by atoms with Crippen molar-refractivity contribution >= 4 is 17.6 Å². The molecule has 0 saturated heterocycles. The summed E-state index contributed by atoms with van der Waals surface area (Å²) in [6.45, 7) is 0. The zero-order chi connectivity index (χ0) is 13.0. The van der Waals surface area contributed by atoms with Gasteiger partial charge in [-0.05, 0) is 24.3 Å². The average Bonchev–Trinajstić information content (AvgIpc) is 2.41. The molecule has 1 aromatic heterocycles. The van der Waals surface area contributed by atoms with Gasteiger partial charge in [-0.3, -0.25) is 0 Å². The minimum absolute atomic E-state index is 0.138. The number of benzene rings is 1. The maximum Gasteiger partial charge on any atom is 0.345 e. The van der Waals surface area contributed by atoms with Gasteiger partial charge in [-0.1, -0.05) is 11.6 Å². The van der Waals surface area contributed by atoms with Crippen LogP contribution in [0.15, 0.2) is 36.8 Å². The van der Waals surface area contributed by atoms with Crippen molar-refractivity contribution in [1.82, 2.24) is 9.97 Å². The van der Waals surface area contributed by atoms with Crippen LogP contribution >= 0.6 is 11.6 Å². The van der Waals surface area contributed by atoms with Crippen LogP contribution < -0.4 is 4.74 Å². The van der Waals surface area contributed by atoms with E-state index in [2.05, 4.69) is 14.7 Å². The van der Waals surface area contributed by atoms with Crippen molar-refractivity contribution in [2.24, 2.45) is 0 Å². The standard InChI is InChI=1S/C12H9ClN2O3/c1-17-12(16)10-6-14-7-15-11(10)18-9-4-2-8(13)3-5-9/h2-7H,1H3. The van der Waals surface area contributed by atoms with Crippen LogP contribution in [-0.4, -0.2) is 23.0 Å². The number of carbonyl (C=O) groups excluding carboxylic acids is 1. The highest BCUT2D eigenvalue weighted by Crippen LogP contribution is 2.24. The first kappa shape index (κ1) is 12.3. The fourth-order valence-corrected chi connectivity index (χ4v) is 1.39. The highest BCUT2D eigenvalue weighted by atomic mass is 35.5. The van der Waals surface area contributed by atoms with E-state index in [1.54, 1.807) is 24.3 Å². The van der Waals surface area contributed by atoms with E-state index in [9.17, 15) is 4.79 Å². The van der Waals surface area contributed by atoms with Gasteiger partial charge in [0.15, 0.2) is 0 Å². The van der Waals surface area contributed by atoms with Gasteiger partial charge in [0.05, 0.1) is 7.11 Å². The Hall–Kier alpha value is -2.14. The first-order valence-corrected chi connectivity index (χ1v) is 5.40. The summed E-state index contributed by atoms with van der Waals surface area (Å²) >= 11 is 5.76. The molecule has 0 aliphatic heterocycles. The van der Waals surface area contributed by atoms with E-state index < -0.39 is 5.97 Å². The van der Waals surface area contributed by atoms with Crippen LogP contribution in [-0.2, 0) is 4.74 Å². The molecule has 2 rings (SSSR count). The molecule has 92 valence electrons. The van der Waals surface area contributed by atoms with E-state index in [0.29, 0.717) is 10.8 Å². The van der Waals surface area contributed by atoms with E-state index in [-0.39, 0.29) is 11.4 Å². The predicted octanol–water partition coefficient (Wildman–Crippen LogP) is 2.71. The van der Waals surface area contributed by atoms with E-state index in [1.165, 1.54) is 19.6 Å². The normalized spacial score (nSPS) is 9.89. The second-order valence-corrected chi connectivity index (χ2v) is 3.73. The van der Waals surface area contributed by atoms with Crippen molar-refractivity contribution in [3.63, 3.8) is 0 Å². The van der Waals surface area contributed by atoms with Crippen molar-refractivity contribution in [1.29, 1.82) is 0 Å². The zero-order valence-corrected chi connectivity index (χ0v) is 10.2. The van der Waals surface area contributed by atoms with Crippen LogP contribution in [0.3, 0.4) is 0 Å². The Morgan fingerprint density at radius 3 is 2.67 bits per heavy atom. The lowest BCUT2D eigenvalue weighted by Gasteiger charge is -2.07. The number of hydrogen-bond acceptors (Lipinski definition) is 5. The Kier molecular flexibility index (Phi) is 3.74. The van der Waals surface area contributed by atoms with Crippen molar-refractivity contribution in [2.45, 2.75) is 0 Å². The third-order valence-electron chi connectivity index (χ3n) is 2.11. The number of hydrogen-bond donors (Lipinski definition) is 0. The molecule has 0 saturated carbocycles. The monoisotopic (exact) mass is 264 g/mol. The molecule has 1 heterocycles. The molecule has 2 aromatic rings. The van der Waals surface area contributed by atoms with Crippen molar-refractivity contribution in [3.8, 4) is 11.6 Å². The molecular weight excluding hydrogens is 256 g/mol. The molecule has 1 aromatic carbocycles. The summed E-state index contributed by atoms with van der Waals surface area (Å²) in [5, 5.41) is 0.596. The number of halogens is 1. The number of carbonyl (C=O) groups is 1. The summed E-state index contributed by atoms with van der Waals surface area (Å²) in [4.78, 5) is 19.1. The van der Waals surface area contributed by atoms with Crippen molar-refractivity contribution in [2.75, 3.05) is 7.11 Å². The molecule has 0 spiro atoms. The largest absolute Gasteiger partial charge is 0.465 e. The van der Waals surface area contributed by atoms with Gasteiger partial charge < -0.3 is 9.47 Å². The fraction of sp³-hybridized carbons (Fsp3) is 0.0833. The lowest BCUT2D eigenvalue weighted by molar-refractivity contribution is 0.0596. The third-order valence-corrected chi connectivity index (χ3v) is 2.36. The third kappa shape index (κ3) is 2.75. The number of aromatic nitrogens is 2. The minimum Gasteiger partial charge on any atom is -0.465 e. The molecule has 0 aliphatic rings. The van der Waals surface area contributed by atoms with Crippen molar-refractivity contribution in [3.05, 3.63) is 47.4 Å². The van der Waals surface area contributed by atoms with Crippen LogP contribution in [0.2, 0.25) is 5.02 Å². The van der Waals surface area contributed by atoms with Gasteiger partial charge in [0.25, 0.3) is 0 Å². The lowest BCUT2D eigenvalue weighted by Crippen LogP contribution is -2.05. The molecule has 0 aliphatic carbocycles. The smallest absolute Gasteiger partial charge is 0.345 e. The van der Waals surface area contributed by atoms with Crippen LogP contribution in [0.5, 0.6) is 11.6 Å². The molecule has 0 unspecified atom stereocenters. The van der Waals surface area contributed by atoms with Gasteiger partial charge in [0.2, 0.25) is 5.88 Å². The molecule has 5 nitrogen and oxygen atoms in total. The zero-order valence-electron chi connectivity index (χ0n) is 9.46. The van der Waals surface area contributed by atoms with Crippen LogP contribution in [0.4, 0.5) is 0 Å². The Morgan fingerprint density at radius 2 is 2.00 bits per heavy atom. The van der Waals surface area contributed by atoms with Crippen LogP contribution in [0.1, 0.15) is 10.4 Å². The van der Waals surface area contributed by atoms with Crippen molar-refractivity contribution < 1.29 is 14.3 Å². The molecule has 6 heteroatoms. The first-order valence-electron chi connectivity index (χ1n) is 5.02. The molecule has 0 atom stereocenters. The Bertz CT molecular complexity index is 558. The SMILES string of the molecule is COC(=O)c1cncnc1Oc1ccc(Cl)cc1. The Morgan fingerprint density at radius 1 is 1.28 bits per heavy atom. The van der Waals surface area contributed by atoms with E-state index in [0.717, 1.165) is 0 Å². The number of rotatable bonds is 3. The van der Waals surface area contributed by atoms with Gasteiger partial charge in [0, 0.05) is 11.2 Å². The molecule has 0 N–H and O–H groups in total. The van der Waals surface area contributed by atoms with E-state index in [4.69, 9.17) is 16.3 Å². The highest BCUT2D eigenvalue weighted by Gasteiger charge is 2.15. The summed E-state index contributed by atoms with van der Waals surface area (Å²) < 4.78 is 10.1. The second-order valence-electron chi connectivity index (χ2n) is 3.29. The molecule has 18 heavy (non-hydrogen) atoms. The molecule has 0 amide bonds. The molecule has 0 radical (unpaired) electrons. The van der Waals surface area contributed by atoms with Gasteiger partial charge in [-0.15, -0.1) is 0 Å². The van der Waals surface area contributed by atoms with Crippen LogP contribution in [0.25, 0.3) is 0 Å². The average molecular weight is 265 g/mol. The second kappa shape index (κ2) is 5.46. The number of nitrogens with zero attached hydrogens (tertiary/aromatic N) is 2. The first-order chi connectivity index (χ1) is 8.70. The lowest BCUT2D eigenvalue weighted by atomic mass is 10.3. The maximum atomic E-state index is 11.5. The maximum absolute atomic E-state index is 11.5. The quantitative estimate of drug-likeness (QED) is 0.798. The summed E-state index contributed by atoms with van der Waals surface area (Å²) in [7, 11) is 1.28. The summed E-state index contributed by atoms with van der Waals surface area (Å²) in [6.07, 6.45) is 2.63. The Balaban J connectivity index is 2.28. The molecule has 0 bridgehead atoms. The van der Waals surface area contributed by atoms with Gasteiger partial charge >= 0.3 is 5.97 Å². The van der Waals surface area contributed by atoms with E-state index in [1.807, 2.05) is 0 Å². The number of ether oxygens (including phenoxy) is 2. The minimum atomic E-state index is -0.556. The molecule has 0 fully saturated rings. The van der Waals surface area contributed by atoms with Crippen LogP contribution in [0, 0.1) is 0 Å². The summed E-state index contributed by atoms with van der Waals surface area (Å²) in [5.74, 6) is 0.0991. The predicted molar refractivity (Wildman–Crippen MR) is 64.9 cm³/mol. The van der Waals surface area contributed by atoms with E-state index >= 15 is 0 Å². The molecular formula is C12H9ClN2O3. The Labute approximate surface area is 108 Å².